The largest absolute Gasteiger partial charge is 0.313 e. The summed E-state index contributed by atoms with van der Waals surface area (Å²) in [6.45, 7) is 4.50. The molecule has 2 fully saturated rings. The molecule has 0 radical (unpaired) electrons. The van der Waals surface area contributed by atoms with Gasteiger partial charge in [0.15, 0.2) is 5.78 Å². The molecule has 5 heteroatoms. The van der Waals surface area contributed by atoms with Gasteiger partial charge in [0, 0.05) is 29.0 Å². The lowest BCUT2D eigenvalue weighted by Crippen LogP contribution is -2.34. The van der Waals surface area contributed by atoms with E-state index in [1.807, 2.05) is 50.2 Å². The molecular formula is C28H26N4O. The van der Waals surface area contributed by atoms with Crippen molar-refractivity contribution in [2.24, 2.45) is 0 Å². The zero-order valence-corrected chi connectivity index (χ0v) is 19.0. The number of rotatable bonds is 5. The molecule has 0 aliphatic carbocycles. The van der Waals surface area contributed by atoms with E-state index in [1.165, 1.54) is 25.7 Å². The van der Waals surface area contributed by atoms with Gasteiger partial charge in [0.05, 0.1) is 35.5 Å². The summed E-state index contributed by atoms with van der Waals surface area (Å²) in [6.07, 6.45) is 4.83. The molecule has 2 saturated heterocycles. The maximum absolute atomic E-state index is 13.6. The minimum atomic E-state index is 0.172. The quantitative estimate of drug-likeness (QED) is 0.510. The third-order valence-corrected chi connectivity index (χ3v) is 7.40. The Labute approximate surface area is 194 Å². The summed E-state index contributed by atoms with van der Waals surface area (Å²) in [4.78, 5) is 16.1. The molecule has 2 aliphatic rings. The molecule has 164 valence electrons. The Hall–Kier alpha value is -3.67. The first-order valence-electron chi connectivity index (χ1n) is 11.5. The molecule has 0 N–H and O–H groups in total. The standard InChI is InChI=1S/C28H26N4O/c1-18-27(26(33)17-31-23-11-12-24(31)14-13-23)19(2)32(25-9-5-21(16-30)6-10-25)28(18)22-7-3-20(15-29)4-8-22/h3-10,23-24H,11-14,17H2,1-2H3. The maximum Gasteiger partial charge on any atom is 0.178 e. The number of nitriles is 2. The lowest BCUT2D eigenvalue weighted by Gasteiger charge is -2.20. The number of hydrogen-bond donors (Lipinski definition) is 0. The number of carbonyl (C=O) groups is 1. The molecule has 2 bridgehead atoms. The van der Waals surface area contributed by atoms with Crippen molar-refractivity contribution in [2.45, 2.75) is 51.6 Å². The number of fused-ring (bicyclic) bond motifs is 2. The summed E-state index contributed by atoms with van der Waals surface area (Å²) < 4.78 is 2.11. The molecular weight excluding hydrogens is 408 g/mol. The SMILES string of the molecule is Cc1c(C(=O)CN2C3CCC2CC3)c(C)n(-c2ccc(C#N)cc2)c1-c1ccc(C#N)cc1. The molecule has 0 spiro atoms. The average molecular weight is 435 g/mol. The van der Waals surface area contributed by atoms with E-state index in [0.717, 1.165) is 33.8 Å². The van der Waals surface area contributed by atoms with Crippen molar-refractivity contribution in [1.29, 1.82) is 10.5 Å². The molecule has 0 saturated carbocycles. The molecule has 0 amide bonds. The van der Waals surface area contributed by atoms with E-state index < -0.39 is 0 Å². The first-order valence-corrected chi connectivity index (χ1v) is 11.5. The van der Waals surface area contributed by atoms with Crippen LogP contribution < -0.4 is 0 Å². The van der Waals surface area contributed by atoms with Crippen LogP contribution in [-0.4, -0.2) is 33.9 Å². The van der Waals surface area contributed by atoms with Crippen molar-refractivity contribution in [2.75, 3.05) is 6.54 Å². The second-order valence-electron chi connectivity index (χ2n) is 9.18. The van der Waals surface area contributed by atoms with E-state index in [2.05, 4.69) is 21.6 Å². The summed E-state index contributed by atoms with van der Waals surface area (Å²) in [5, 5.41) is 18.4. The van der Waals surface area contributed by atoms with Gasteiger partial charge in [0.2, 0.25) is 0 Å². The smallest absolute Gasteiger partial charge is 0.178 e. The van der Waals surface area contributed by atoms with Crippen LogP contribution in [0.15, 0.2) is 48.5 Å². The van der Waals surface area contributed by atoms with E-state index in [4.69, 9.17) is 0 Å². The van der Waals surface area contributed by atoms with Crippen LogP contribution in [0.25, 0.3) is 16.9 Å². The zero-order valence-electron chi connectivity index (χ0n) is 19.0. The predicted molar refractivity (Wildman–Crippen MR) is 127 cm³/mol. The predicted octanol–water partition coefficient (Wildman–Crippen LogP) is 5.31. The fourth-order valence-corrected chi connectivity index (χ4v) is 5.83. The monoisotopic (exact) mass is 434 g/mol. The van der Waals surface area contributed by atoms with Crippen molar-refractivity contribution in [3.8, 4) is 29.1 Å². The average Bonchev–Trinajstić information content (AvgIpc) is 3.49. The third kappa shape index (κ3) is 3.55. The van der Waals surface area contributed by atoms with Gasteiger partial charge in [0.25, 0.3) is 0 Å². The highest BCUT2D eigenvalue weighted by molar-refractivity contribution is 6.02. The van der Waals surface area contributed by atoms with E-state index >= 15 is 0 Å². The molecule has 3 aromatic rings. The van der Waals surface area contributed by atoms with Crippen molar-refractivity contribution < 1.29 is 4.79 Å². The summed E-state index contributed by atoms with van der Waals surface area (Å²) in [7, 11) is 0. The normalized spacial score (nSPS) is 19.4. The summed E-state index contributed by atoms with van der Waals surface area (Å²) in [6, 6.07) is 20.4. The summed E-state index contributed by atoms with van der Waals surface area (Å²) in [5.74, 6) is 0.172. The Morgan fingerprint density at radius 2 is 1.39 bits per heavy atom. The second kappa shape index (κ2) is 8.35. The molecule has 0 atom stereocenters. The van der Waals surface area contributed by atoms with Gasteiger partial charge in [-0.15, -0.1) is 0 Å². The van der Waals surface area contributed by atoms with Crippen LogP contribution in [0.5, 0.6) is 0 Å². The van der Waals surface area contributed by atoms with Gasteiger partial charge in [-0.05, 0) is 87.1 Å². The molecule has 33 heavy (non-hydrogen) atoms. The Morgan fingerprint density at radius 1 is 0.879 bits per heavy atom. The number of ketones is 1. The number of benzene rings is 2. The molecule has 2 aromatic carbocycles. The first-order chi connectivity index (χ1) is 16.0. The lowest BCUT2D eigenvalue weighted by atomic mass is 10.0. The van der Waals surface area contributed by atoms with Crippen molar-refractivity contribution in [3.05, 3.63) is 76.5 Å². The molecule has 5 rings (SSSR count). The third-order valence-electron chi connectivity index (χ3n) is 7.40. The van der Waals surface area contributed by atoms with Gasteiger partial charge >= 0.3 is 0 Å². The Kier molecular flexibility index (Phi) is 5.36. The highest BCUT2D eigenvalue weighted by atomic mass is 16.1. The van der Waals surface area contributed by atoms with Crippen molar-refractivity contribution in [3.63, 3.8) is 0 Å². The molecule has 0 unspecified atom stereocenters. The number of carbonyl (C=O) groups excluding carboxylic acids is 1. The number of aromatic nitrogens is 1. The first kappa shape index (κ1) is 21.2. The molecule has 2 aliphatic heterocycles. The fourth-order valence-electron chi connectivity index (χ4n) is 5.83. The van der Waals surface area contributed by atoms with E-state index in [0.29, 0.717) is 29.8 Å². The number of hydrogen-bond acceptors (Lipinski definition) is 4. The Balaban J connectivity index is 1.62. The minimum absolute atomic E-state index is 0.172. The van der Waals surface area contributed by atoms with Crippen LogP contribution in [-0.2, 0) is 0 Å². The Morgan fingerprint density at radius 3 is 1.91 bits per heavy atom. The van der Waals surface area contributed by atoms with Gasteiger partial charge in [-0.1, -0.05) is 12.1 Å². The lowest BCUT2D eigenvalue weighted by molar-refractivity contribution is 0.0917. The van der Waals surface area contributed by atoms with Gasteiger partial charge < -0.3 is 4.57 Å². The zero-order chi connectivity index (χ0) is 23.1. The number of Topliss-reactive ketones (excluding diaryl/α,β-unsaturated/α-hetero) is 1. The van der Waals surface area contributed by atoms with Crippen LogP contribution in [0.2, 0.25) is 0 Å². The summed E-state index contributed by atoms with van der Waals surface area (Å²) >= 11 is 0. The van der Waals surface area contributed by atoms with Crippen LogP contribution in [0.3, 0.4) is 0 Å². The van der Waals surface area contributed by atoms with Crippen LogP contribution in [0.4, 0.5) is 0 Å². The van der Waals surface area contributed by atoms with E-state index in [-0.39, 0.29) is 5.78 Å². The topological polar surface area (TPSA) is 72.8 Å². The van der Waals surface area contributed by atoms with Crippen LogP contribution in [0.1, 0.15) is 58.4 Å². The van der Waals surface area contributed by atoms with Gasteiger partial charge in [-0.3, -0.25) is 9.69 Å². The fraction of sp³-hybridized carbons (Fsp3) is 0.321. The highest BCUT2D eigenvalue weighted by Gasteiger charge is 2.40. The van der Waals surface area contributed by atoms with Crippen molar-refractivity contribution >= 4 is 5.78 Å². The van der Waals surface area contributed by atoms with Gasteiger partial charge in [0.1, 0.15) is 0 Å². The second-order valence-corrected chi connectivity index (χ2v) is 9.18. The maximum atomic E-state index is 13.6. The highest BCUT2D eigenvalue weighted by Crippen LogP contribution is 2.39. The van der Waals surface area contributed by atoms with E-state index in [9.17, 15) is 15.3 Å². The van der Waals surface area contributed by atoms with E-state index in [1.54, 1.807) is 12.1 Å². The molecule has 3 heterocycles. The van der Waals surface area contributed by atoms with Gasteiger partial charge in [-0.2, -0.15) is 10.5 Å². The van der Waals surface area contributed by atoms with Crippen molar-refractivity contribution in [1.82, 2.24) is 9.47 Å². The molecule has 1 aromatic heterocycles. The Bertz CT molecular complexity index is 1200. The molecule has 5 nitrogen and oxygen atoms in total. The number of nitrogens with zero attached hydrogens (tertiary/aromatic N) is 4. The summed E-state index contributed by atoms with van der Waals surface area (Å²) in [5.41, 5.74) is 6.67. The van der Waals surface area contributed by atoms with Crippen LogP contribution >= 0.6 is 0 Å². The van der Waals surface area contributed by atoms with Gasteiger partial charge in [-0.25, -0.2) is 0 Å². The minimum Gasteiger partial charge on any atom is -0.313 e. The van der Waals surface area contributed by atoms with Crippen LogP contribution in [0, 0.1) is 36.5 Å².